The molecule has 0 aliphatic carbocycles. The number of carbonyl (C=O) groups excluding carboxylic acids is 1. The number of hydrogen-bond acceptors (Lipinski definition) is 4. The molecule has 0 aliphatic heterocycles. The average molecular weight is 203 g/mol. The summed E-state index contributed by atoms with van der Waals surface area (Å²) < 4.78 is 4.93. The zero-order valence-corrected chi connectivity index (χ0v) is 9.32. The Hall–Kier alpha value is -0.450. The maximum absolute atomic E-state index is 11.4. The lowest BCUT2D eigenvalue weighted by atomic mass is 10.1. The Morgan fingerprint density at radius 1 is 1.43 bits per heavy atom. The van der Waals surface area contributed by atoms with Crippen molar-refractivity contribution in [3.05, 3.63) is 0 Å². The van der Waals surface area contributed by atoms with Crippen molar-refractivity contribution in [3.8, 4) is 0 Å². The van der Waals surface area contributed by atoms with Gasteiger partial charge in [0.25, 0.3) is 0 Å². The molecule has 0 fully saturated rings. The van der Waals surface area contributed by atoms with Crippen LogP contribution in [0.2, 0.25) is 0 Å². The second kappa shape index (κ2) is 7.91. The van der Waals surface area contributed by atoms with Crippen molar-refractivity contribution in [1.82, 2.24) is 4.90 Å². The lowest BCUT2D eigenvalue weighted by Gasteiger charge is -2.20. The third-order valence-electron chi connectivity index (χ3n) is 2.05. The topological polar surface area (TPSA) is 49.8 Å². The lowest BCUT2D eigenvalue weighted by Crippen LogP contribution is -2.36. The zero-order chi connectivity index (χ0) is 11.0. The molecule has 0 rings (SSSR count). The Morgan fingerprint density at radius 3 is 2.50 bits per heavy atom. The molecule has 84 valence electrons. The van der Waals surface area contributed by atoms with Gasteiger partial charge in [-0.1, -0.05) is 13.8 Å². The summed E-state index contributed by atoms with van der Waals surface area (Å²) >= 11 is 0. The summed E-state index contributed by atoms with van der Waals surface area (Å²) in [5.74, 6) is 0.258. The van der Waals surface area contributed by atoms with Crippen molar-refractivity contribution in [2.45, 2.75) is 13.8 Å². The molecule has 0 spiro atoms. The van der Waals surface area contributed by atoms with Crippen LogP contribution in [-0.4, -0.2) is 55.7 Å². The fourth-order valence-electron chi connectivity index (χ4n) is 1.03. The predicted octanol–water partition coefficient (Wildman–Crippen LogP) is 0.152. The summed E-state index contributed by atoms with van der Waals surface area (Å²) in [6, 6.07) is 0. The summed E-state index contributed by atoms with van der Waals surface area (Å²) in [5.41, 5.74) is 0. The number of aliphatic hydroxyl groups excluding tert-OH is 1. The Bertz CT molecular complexity index is 159. The van der Waals surface area contributed by atoms with Crippen LogP contribution in [0.4, 0.5) is 0 Å². The summed E-state index contributed by atoms with van der Waals surface area (Å²) in [4.78, 5) is 13.3. The van der Waals surface area contributed by atoms with Crippen LogP contribution < -0.4 is 0 Å². The van der Waals surface area contributed by atoms with Gasteiger partial charge in [-0.05, 0) is 0 Å². The molecule has 0 atom stereocenters. The van der Waals surface area contributed by atoms with Gasteiger partial charge < -0.3 is 9.84 Å². The van der Waals surface area contributed by atoms with Crippen LogP contribution in [0.1, 0.15) is 13.8 Å². The molecule has 0 heterocycles. The second-order valence-electron chi connectivity index (χ2n) is 3.61. The van der Waals surface area contributed by atoms with E-state index >= 15 is 0 Å². The number of hydrogen-bond donors (Lipinski definition) is 1. The van der Waals surface area contributed by atoms with Crippen LogP contribution in [0.5, 0.6) is 0 Å². The largest absolute Gasteiger partial charge is 0.395 e. The summed E-state index contributed by atoms with van der Waals surface area (Å²) in [6.07, 6.45) is 0. The fraction of sp³-hybridized carbons (Fsp3) is 0.900. The van der Waals surface area contributed by atoms with Crippen molar-refractivity contribution in [2.24, 2.45) is 5.92 Å². The molecule has 0 aromatic carbocycles. The molecular weight excluding hydrogens is 182 g/mol. The maximum Gasteiger partial charge on any atom is 0.149 e. The van der Waals surface area contributed by atoms with Gasteiger partial charge in [0.2, 0.25) is 0 Å². The number of methoxy groups -OCH3 is 1. The minimum atomic E-state index is 0.0544. The highest BCUT2D eigenvalue weighted by atomic mass is 16.5. The lowest BCUT2D eigenvalue weighted by molar-refractivity contribution is -0.123. The van der Waals surface area contributed by atoms with Crippen molar-refractivity contribution in [3.63, 3.8) is 0 Å². The normalized spacial score (nSPS) is 11.3. The molecule has 0 amide bonds. The molecule has 1 N–H and O–H groups in total. The highest BCUT2D eigenvalue weighted by Gasteiger charge is 2.12. The van der Waals surface area contributed by atoms with Gasteiger partial charge in [-0.15, -0.1) is 0 Å². The third-order valence-corrected chi connectivity index (χ3v) is 2.05. The van der Waals surface area contributed by atoms with E-state index < -0.39 is 0 Å². The molecule has 14 heavy (non-hydrogen) atoms. The predicted molar refractivity (Wildman–Crippen MR) is 55.2 cm³/mol. The minimum Gasteiger partial charge on any atom is -0.395 e. The summed E-state index contributed by atoms with van der Waals surface area (Å²) in [7, 11) is 1.63. The van der Waals surface area contributed by atoms with Crippen LogP contribution in [0, 0.1) is 5.92 Å². The molecule has 0 radical (unpaired) electrons. The van der Waals surface area contributed by atoms with Gasteiger partial charge >= 0.3 is 0 Å². The van der Waals surface area contributed by atoms with Crippen LogP contribution in [0.15, 0.2) is 0 Å². The first-order valence-electron chi connectivity index (χ1n) is 4.96. The van der Waals surface area contributed by atoms with Gasteiger partial charge in [-0.2, -0.15) is 0 Å². The number of ketones is 1. The van der Waals surface area contributed by atoms with E-state index in [1.807, 2.05) is 18.7 Å². The molecule has 0 unspecified atom stereocenters. The molecule has 0 aliphatic rings. The van der Waals surface area contributed by atoms with Crippen molar-refractivity contribution in [1.29, 1.82) is 0 Å². The zero-order valence-electron chi connectivity index (χ0n) is 9.32. The molecule has 0 aromatic heterocycles. The summed E-state index contributed by atoms with van der Waals surface area (Å²) in [6.45, 7) is 6.06. The number of Topliss-reactive ketones (excluding diaryl/α,β-unsaturated/α-hetero) is 1. The van der Waals surface area contributed by atoms with Crippen LogP contribution in [0.25, 0.3) is 0 Å². The van der Waals surface area contributed by atoms with E-state index in [4.69, 9.17) is 9.84 Å². The van der Waals surface area contributed by atoms with E-state index in [9.17, 15) is 4.79 Å². The average Bonchev–Trinajstić information content (AvgIpc) is 2.14. The van der Waals surface area contributed by atoms with E-state index in [0.29, 0.717) is 26.2 Å². The van der Waals surface area contributed by atoms with E-state index in [2.05, 4.69) is 0 Å². The highest BCUT2D eigenvalue weighted by molar-refractivity contribution is 5.82. The first kappa shape index (κ1) is 13.5. The number of nitrogens with zero attached hydrogens (tertiary/aromatic N) is 1. The quantitative estimate of drug-likeness (QED) is 0.610. The third kappa shape index (κ3) is 6.07. The summed E-state index contributed by atoms with van der Waals surface area (Å²) in [5, 5.41) is 8.79. The molecular formula is C10H21NO3. The van der Waals surface area contributed by atoms with Crippen molar-refractivity contribution in [2.75, 3.05) is 40.0 Å². The minimum absolute atomic E-state index is 0.0544. The Morgan fingerprint density at radius 2 is 2.07 bits per heavy atom. The molecule has 0 saturated carbocycles. The fourth-order valence-corrected chi connectivity index (χ4v) is 1.03. The molecule has 4 nitrogen and oxygen atoms in total. The van der Waals surface area contributed by atoms with E-state index in [0.717, 1.165) is 0 Å². The maximum atomic E-state index is 11.4. The van der Waals surface area contributed by atoms with Gasteiger partial charge in [0.05, 0.1) is 19.8 Å². The SMILES string of the molecule is COCCN(CCO)CC(=O)C(C)C. The first-order valence-corrected chi connectivity index (χ1v) is 4.96. The van der Waals surface area contributed by atoms with E-state index in [1.165, 1.54) is 0 Å². The van der Waals surface area contributed by atoms with Crippen molar-refractivity contribution >= 4 is 5.78 Å². The second-order valence-corrected chi connectivity index (χ2v) is 3.61. The van der Waals surface area contributed by atoms with Gasteiger partial charge in [-0.3, -0.25) is 9.69 Å². The van der Waals surface area contributed by atoms with E-state index in [-0.39, 0.29) is 18.3 Å². The Balaban J connectivity index is 3.88. The Kier molecular flexibility index (Phi) is 7.65. The number of aliphatic hydroxyl groups is 1. The van der Waals surface area contributed by atoms with Crippen LogP contribution >= 0.6 is 0 Å². The molecule has 4 heteroatoms. The van der Waals surface area contributed by atoms with Crippen LogP contribution in [0.3, 0.4) is 0 Å². The Labute approximate surface area is 85.9 Å². The van der Waals surface area contributed by atoms with Gasteiger partial charge in [0.1, 0.15) is 5.78 Å². The van der Waals surface area contributed by atoms with Crippen LogP contribution in [-0.2, 0) is 9.53 Å². The first-order chi connectivity index (χ1) is 6.61. The van der Waals surface area contributed by atoms with Gasteiger partial charge in [0.15, 0.2) is 0 Å². The number of rotatable bonds is 8. The smallest absolute Gasteiger partial charge is 0.149 e. The molecule has 0 aromatic rings. The van der Waals surface area contributed by atoms with Gasteiger partial charge in [0, 0.05) is 26.1 Å². The van der Waals surface area contributed by atoms with Crippen molar-refractivity contribution < 1.29 is 14.6 Å². The number of carbonyl (C=O) groups is 1. The van der Waals surface area contributed by atoms with Gasteiger partial charge in [-0.25, -0.2) is 0 Å². The highest BCUT2D eigenvalue weighted by Crippen LogP contribution is 1.97. The van der Waals surface area contributed by atoms with E-state index in [1.54, 1.807) is 7.11 Å². The molecule has 0 bridgehead atoms. The number of ether oxygens (including phenoxy) is 1. The monoisotopic (exact) mass is 203 g/mol. The standard InChI is InChI=1S/C10H21NO3/c1-9(2)10(13)8-11(4-6-12)5-7-14-3/h9,12H,4-8H2,1-3H3. The molecule has 0 saturated heterocycles.